The molecule has 0 aromatic carbocycles. The average Bonchev–Trinajstić information content (AvgIpc) is 2.24. The highest BCUT2D eigenvalue weighted by Crippen LogP contribution is 2.00. The number of rotatable bonds is 7. The molecule has 2 N–H and O–H groups in total. The largest absolute Gasteiger partial charge is 0.389 e. The van der Waals surface area contributed by atoms with E-state index in [0.717, 1.165) is 19.6 Å². The van der Waals surface area contributed by atoms with E-state index in [-0.39, 0.29) is 0 Å². The standard InChI is InChI=1S/C11H24N2O3/c1-10-7-13(4-3-12-10)8-11(14)9-16-6-5-15-2/h10-12,14H,3-9H2,1-2H3/t10-,11?/m0/s1. The van der Waals surface area contributed by atoms with E-state index in [1.54, 1.807) is 7.11 Å². The molecule has 2 atom stereocenters. The highest BCUT2D eigenvalue weighted by molar-refractivity contribution is 4.76. The normalized spacial score (nSPS) is 24.6. The molecule has 0 amide bonds. The molecular weight excluding hydrogens is 208 g/mol. The number of methoxy groups -OCH3 is 1. The Morgan fingerprint density at radius 2 is 2.31 bits per heavy atom. The molecule has 5 heteroatoms. The van der Waals surface area contributed by atoms with Crippen LogP contribution in [-0.2, 0) is 9.47 Å². The predicted octanol–water partition coefficient (Wildman–Crippen LogP) is -0.696. The number of β-amino-alcohol motifs (C(OH)–C–C–N with tert-alkyl or cyclic N) is 1. The summed E-state index contributed by atoms with van der Waals surface area (Å²) in [4.78, 5) is 2.27. The van der Waals surface area contributed by atoms with Crippen LogP contribution in [0.5, 0.6) is 0 Å². The van der Waals surface area contributed by atoms with Gasteiger partial charge < -0.3 is 19.9 Å². The molecule has 0 aromatic heterocycles. The van der Waals surface area contributed by atoms with E-state index in [4.69, 9.17) is 9.47 Å². The lowest BCUT2D eigenvalue weighted by Crippen LogP contribution is -2.51. The van der Waals surface area contributed by atoms with Crippen molar-refractivity contribution in [3.05, 3.63) is 0 Å². The van der Waals surface area contributed by atoms with Gasteiger partial charge in [-0.25, -0.2) is 0 Å². The van der Waals surface area contributed by atoms with Gasteiger partial charge in [0.2, 0.25) is 0 Å². The van der Waals surface area contributed by atoms with E-state index in [0.29, 0.717) is 32.4 Å². The molecule has 1 heterocycles. The van der Waals surface area contributed by atoms with Crippen molar-refractivity contribution in [3.8, 4) is 0 Å². The summed E-state index contributed by atoms with van der Waals surface area (Å²) in [5.74, 6) is 0. The molecule has 0 aliphatic carbocycles. The summed E-state index contributed by atoms with van der Waals surface area (Å²) in [5, 5.41) is 13.1. The van der Waals surface area contributed by atoms with Gasteiger partial charge in [0.15, 0.2) is 0 Å². The van der Waals surface area contributed by atoms with Gasteiger partial charge in [-0.1, -0.05) is 0 Å². The minimum absolute atomic E-state index is 0.391. The maximum absolute atomic E-state index is 9.76. The number of hydrogen-bond acceptors (Lipinski definition) is 5. The van der Waals surface area contributed by atoms with Crippen LogP contribution >= 0.6 is 0 Å². The zero-order valence-electron chi connectivity index (χ0n) is 10.3. The summed E-state index contributed by atoms with van der Waals surface area (Å²) in [7, 11) is 1.64. The van der Waals surface area contributed by atoms with Crippen LogP contribution in [0.1, 0.15) is 6.92 Å². The molecule has 0 bridgehead atoms. The average molecular weight is 232 g/mol. The van der Waals surface area contributed by atoms with Crippen LogP contribution in [0.3, 0.4) is 0 Å². The van der Waals surface area contributed by atoms with E-state index >= 15 is 0 Å². The fourth-order valence-electron chi connectivity index (χ4n) is 1.89. The highest BCUT2D eigenvalue weighted by atomic mass is 16.5. The lowest BCUT2D eigenvalue weighted by atomic mass is 10.2. The highest BCUT2D eigenvalue weighted by Gasteiger charge is 2.18. The van der Waals surface area contributed by atoms with Crippen molar-refractivity contribution in [2.45, 2.75) is 19.1 Å². The minimum Gasteiger partial charge on any atom is -0.389 e. The van der Waals surface area contributed by atoms with Crippen molar-refractivity contribution < 1.29 is 14.6 Å². The molecule has 0 radical (unpaired) electrons. The molecule has 16 heavy (non-hydrogen) atoms. The summed E-state index contributed by atoms with van der Waals surface area (Å²) in [6.07, 6.45) is -0.401. The number of aliphatic hydroxyl groups is 1. The molecule has 1 unspecified atom stereocenters. The Morgan fingerprint density at radius 3 is 3.00 bits per heavy atom. The smallest absolute Gasteiger partial charge is 0.0900 e. The monoisotopic (exact) mass is 232 g/mol. The van der Waals surface area contributed by atoms with Gasteiger partial charge in [-0.3, -0.25) is 4.90 Å². The van der Waals surface area contributed by atoms with Gasteiger partial charge in [-0.05, 0) is 6.92 Å². The van der Waals surface area contributed by atoms with Crippen LogP contribution < -0.4 is 5.32 Å². The third-order valence-corrected chi connectivity index (χ3v) is 2.66. The summed E-state index contributed by atoms with van der Waals surface area (Å²) in [5.41, 5.74) is 0. The Balaban J connectivity index is 2.06. The molecule has 0 aromatic rings. The van der Waals surface area contributed by atoms with Crippen LogP contribution in [0, 0.1) is 0 Å². The first-order valence-corrected chi connectivity index (χ1v) is 5.93. The quantitative estimate of drug-likeness (QED) is 0.569. The summed E-state index contributed by atoms with van der Waals surface area (Å²) < 4.78 is 10.1. The summed E-state index contributed by atoms with van der Waals surface area (Å²) >= 11 is 0. The molecular formula is C11H24N2O3. The Labute approximate surface area is 97.7 Å². The molecule has 1 rings (SSSR count). The van der Waals surface area contributed by atoms with E-state index in [1.807, 2.05) is 0 Å². The Bertz CT molecular complexity index is 181. The molecule has 96 valence electrons. The first kappa shape index (κ1) is 13.9. The molecule has 5 nitrogen and oxygen atoms in total. The fourth-order valence-corrected chi connectivity index (χ4v) is 1.89. The first-order valence-electron chi connectivity index (χ1n) is 5.93. The maximum atomic E-state index is 9.76. The first-order chi connectivity index (χ1) is 7.72. The number of aliphatic hydroxyl groups excluding tert-OH is 1. The van der Waals surface area contributed by atoms with Crippen molar-refractivity contribution in [2.75, 3.05) is 53.1 Å². The molecule has 0 spiro atoms. The van der Waals surface area contributed by atoms with Crippen molar-refractivity contribution >= 4 is 0 Å². The van der Waals surface area contributed by atoms with Gasteiger partial charge in [0, 0.05) is 39.3 Å². The number of nitrogens with one attached hydrogen (secondary N) is 1. The van der Waals surface area contributed by atoms with Crippen molar-refractivity contribution in [1.82, 2.24) is 10.2 Å². The van der Waals surface area contributed by atoms with E-state index < -0.39 is 6.10 Å². The lowest BCUT2D eigenvalue weighted by molar-refractivity contribution is -0.00342. The molecule has 1 fully saturated rings. The van der Waals surface area contributed by atoms with Gasteiger partial charge in [-0.2, -0.15) is 0 Å². The third kappa shape index (κ3) is 5.77. The van der Waals surface area contributed by atoms with Crippen molar-refractivity contribution in [3.63, 3.8) is 0 Å². The molecule has 1 saturated heterocycles. The van der Waals surface area contributed by atoms with Gasteiger partial charge in [0.25, 0.3) is 0 Å². The van der Waals surface area contributed by atoms with Gasteiger partial charge >= 0.3 is 0 Å². The van der Waals surface area contributed by atoms with E-state index in [2.05, 4.69) is 17.1 Å². The van der Waals surface area contributed by atoms with Crippen LogP contribution in [0.2, 0.25) is 0 Å². The summed E-state index contributed by atoms with van der Waals surface area (Å²) in [6, 6.07) is 0.510. The van der Waals surface area contributed by atoms with Crippen LogP contribution in [-0.4, -0.2) is 75.3 Å². The maximum Gasteiger partial charge on any atom is 0.0900 e. The Hall–Kier alpha value is -0.200. The van der Waals surface area contributed by atoms with Crippen LogP contribution in [0.4, 0.5) is 0 Å². The Morgan fingerprint density at radius 1 is 1.50 bits per heavy atom. The van der Waals surface area contributed by atoms with Crippen LogP contribution in [0.15, 0.2) is 0 Å². The predicted molar refractivity (Wildman–Crippen MR) is 62.6 cm³/mol. The van der Waals surface area contributed by atoms with Gasteiger partial charge in [-0.15, -0.1) is 0 Å². The fraction of sp³-hybridized carbons (Fsp3) is 1.00. The SMILES string of the molecule is COCCOCC(O)CN1CCN[C@@H](C)C1. The zero-order valence-corrected chi connectivity index (χ0v) is 10.3. The zero-order chi connectivity index (χ0) is 11.8. The van der Waals surface area contributed by atoms with Crippen LogP contribution in [0.25, 0.3) is 0 Å². The number of ether oxygens (including phenoxy) is 2. The van der Waals surface area contributed by atoms with Crippen molar-refractivity contribution in [2.24, 2.45) is 0 Å². The van der Waals surface area contributed by atoms with Gasteiger partial charge in [0.05, 0.1) is 25.9 Å². The number of hydrogen-bond donors (Lipinski definition) is 2. The van der Waals surface area contributed by atoms with E-state index in [9.17, 15) is 5.11 Å². The van der Waals surface area contributed by atoms with E-state index in [1.165, 1.54) is 0 Å². The van der Waals surface area contributed by atoms with Crippen molar-refractivity contribution in [1.29, 1.82) is 0 Å². The second-order valence-electron chi connectivity index (χ2n) is 4.34. The second kappa shape index (κ2) is 7.97. The second-order valence-corrected chi connectivity index (χ2v) is 4.34. The number of nitrogens with zero attached hydrogens (tertiary/aromatic N) is 1. The molecule has 1 aliphatic heterocycles. The molecule has 1 aliphatic rings. The van der Waals surface area contributed by atoms with Gasteiger partial charge in [0.1, 0.15) is 0 Å². The third-order valence-electron chi connectivity index (χ3n) is 2.66. The topological polar surface area (TPSA) is 54.0 Å². The molecule has 0 saturated carbocycles. The number of piperazine rings is 1. The Kier molecular flexibility index (Phi) is 6.91. The summed E-state index contributed by atoms with van der Waals surface area (Å²) in [6.45, 7) is 7.37. The minimum atomic E-state index is -0.401. The lowest BCUT2D eigenvalue weighted by Gasteiger charge is -2.33.